The first-order valence-corrected chi connectivity index (χ1v) is 12.3. The molecule has 1 amide bonds. The highest BCUT2D eigenvalue weighted by Crippen LogP contribution is 2.29. The zero-order valence-corrected chi connectivity index (χ0v) is 19.8. The molecule has 1 N–H and O–H groups in total. The Morgan fingerprint density at radius 1 is 1.09 bits per heavy atom. The van der Waals surface area contributed by atoms with E-state index in [9.17, 15) is 19.2 Å². The van der Waals surface area contributed by atoms with E-state index in [-0.39, 0.29) is 11.6 Å². The lowest BCUT2D eigenvalue weighted by atomic mass is 9.83. The normalized spacial score (nSPS) is 14.6. The fourth-order valence-electron chi connectivity index (χ4n) is 3.99. The van der Waals surface area contributed by atoms with E-state index in [0.717, 1.165) is 36.7 Å². The van der Waals surface area contributed by atoms with Crippen molar-refractivity contribution in [2.45, 2.75) is 42.8 Å². The SMILES string of the molecule is N#CC1(NC(=O)COC(=O)CSc2nnc(-c3ccc(F)cc3)n2-c2ccccc2)CCCCC1. The number of esters is 1. The van der Waals surface area contributed by atoms with Crippen LogP contribution in [0.25, 0.3) is 17.1 Å². The maximum absolute atomic E-state index is 13.4. The molecule has 1 saturated carbocycles. The Morgan fingerprint density at radius 3 is 2.49 bits per heavy atom. The molecule has 1 aliphatic rings. The molecule has 35 heavy (non-hydrogen) atoms. The van der Waals surface area contributed by atoms with Crippen LogP contribution in [-0.2, 0) is 14.3 Å². The molecule has 4 rings (SSSR count). The minimum Gasteiger partial charge on any atom is -0.455 e. The van der Waals surface area contributed by atoms with E-state index in [1.807, 2.05) is 30.3 Å². The topological polar surface area (TPSA) is 110 Å². The lowest BCUT2D eigenvalue weighted by molar-refractivity contribution is -0.146. The van der Waals surface area contributed by atoms with Crippen LogP contribution in [0.3, 0.4) is 0 Å². The largest absolute Gasteiger partial charge is 0.455 e. The fraction of sp³-hybridized carbons (Fsp3) is 0.320. The molecule has 1 fully saturated rings. The van der Waals surface area contributed by atoms with Crippen LogP contribution in [0.5, 0.6) is 0 Å². The summed E-state index contributed by atoms with van der Waals surface area (Å²) in [5.74, 6) is -1.03. The van der Waals surface area contributed by atoms with Gasteiger partial charge in [0, 0.05) is 11.3 Å². The van der Waals surface area contributed by atoms with Gasteiger partial charge in [-0.15, -0.1) is 10.2 Å². The first kappa shape index (κ1) is 24.4. The van der Waals surface area contributed by atoms with Gasteiger partial charge in [0.1, 0.15) is 11.4 Å². The molecule has 0 aliphatic heterocycles. The van der Waals surface area contributed by atoms with Gasteiger partial charge in [0.15, 0.2) is 17.6 Å². The zero-order valence-electron chi connectivity index (χ0n) is 18.9. The van der Waals surface area contributed by atoms with Crippen LogP contribution in [0, 0.1) is 17.1 Å². The quantitative estimate of drug-likeness (QED) is 0.372. The molecule has 1 heterocycles. The summed E-state index contributed by atoms with van der Waals surface area (Å²) >= 11 is 1.12. The van der Waals surface area contributed by atoms with Crippen LogP contribution < -0.4 is 5.32 Å². The van der Waals surface area contributed by atoms with Crippen molar-refractivity contribution in [3.63, 3.8) is 0 Å². The first-order valence-electron chi connectivity index (χ1n) is 11.3. The number of hydrogen-bond donors (Lipinski definition) is 1. The van der Waals surface area contributed by atoms with Crippen molar-refractivity contribution < 1.29 is 18.7 Å². The van der Waals surface area contributed by atoms with E-state index in [4.69, 9.17) is 4.74 Å². The smallest absolute Gasteiger partial charge is 0.316 e. The molecule has 0 atom stereocenters. The number of hydrogen-bond acceptors (Lipinski definition) is 7. The first-order chi connectivity index (χ1) is 17.0. The standard InChI is InChI=1S/C25H24FN5O3S/c26-19-11-9-18(10-12-19)23-29-30-24(31(23)20-7-3-1-4-8-20)35-16-22(33)34-15-21(32)28-25(17-27)13-5-2-6-14-25/h1,3-4,7-12H,2,5-6,13-16H2,(H,28,32). The molecule has 0 radical (unpaired) electrons. The predicted octanol–water partition coefficient (Wildman–Crippen LogP) is 4.05. The summed E-state index contributed by atoms with van der Waals surface area (Å²) in [6.07, 6.45) is 4.01. The van der Waals surface area contributed by atoms with Gasteiger partial charge in [-0.25, -0.2) is 4.39 Å². The lowest BCUT2D eigenvalue weighted by Crippen LogP contribution is -2.50. The van der Waals surface area contributed by atoms with Crippen LogP contribution in [0.1, 0.15) is 32.1 Å². The van der Waals surface area contributed by atoms with Gasteiger partial charge in [-0.05, 0) is 49.2 Å². The monoisotopic (exact) mass is 493 g/mol. The second-order valence-electron chi connectivity index (χ2n) is 8.24. The molecule has 0 unspecified atom stereocenters. The van der Waals surface area contributed by atoms with Gasteiger partial charge < -0.3 is 10.1 Å². The highest BCUT2D eigenvalue weighted by molar-refractivity contribution is 7.99. The molecule has 0 bridgehead atoms. The molecule has 8 nitrogen and oxygen atoms in total. The molecule has 1 aliphatic carbocycles. The van der Waals surface area contributed by atoms with Crippen molar-refractivity contribution in [3.05, 3.63) is 60.4 Å². The van der Waals surface area contributed by atoms with E-state index in [1.165, 1.54) is 12.1 Å². The molecule has 10 heteroatoms. The summed E-state index contributed by atoms with van der Waals surface area (Å²) in [6.45, 7) is -0.449. The summed E-state index contributed by atoms with van der Waals surface area (Å²) < 4.78 is 20.3. The minimum absolute atomic E-state index is 0.0922. The number of carbonyl (C=O) groups excluding carboxylic acids is 2. The summed E-state index contributed by atoms with van der Waals surface area (Å²) in [5.41, 5.74) is 0.573. The number of halogens is 1. The third-order valence-corrected chi connectivity index (χ3v) is 6.64. The van der Waals surface area contributed by atoms with Crippen LogP contribution in [0.2, 0.25) is 0 Å². The van der Waals surface area contributed by atoms with Crippen LogP contribution in [0.4, 0.5) is 4.39 Å². The van der Waals surface area contributed by atoms with Crippen molar-refractivity contribution in [3.8, 4) is 23.1 Å². The second-order valence-corrected chi connectivity index (χ2v) is 9.18. The zero-order chi connectivity index (χ0) is 24.7. The number of carbonyl (C=O) groups is 2. The molecule has 0 spiro atoms. The number of nitrogens with zero attached hydrogens (tertiary/aromatic N) is 4. The number of benzene rings is 2. The van der Waals surface area contributed by atoms with Crippen LogP contribution in [0.15, 0.2) is 59.8 Å². The van der Waals surface area contributed by atoms with Crippen molar-refractivity contribution >= 4 is 23.6 Å². The Morgan fingerprint density at radius 2 is 1.80 bits per heavy atom. The van der Waals surface area contributed by atoms with Gasteiger partial charge in [-0.2, -0.15) is 5.26 Å². The number of nitrogens with one attached hydrogen (secondary N) is 1. The summed E-state index contributed by atoms with van der Waals surface area (Å²) in [4.78, 5) is 24.6. The number of aromatic nitrogens is 3. The number of thioether (sulfide) groups is 1. The molecule has 1 aromatic heterocycles. The van der Waals surface area contributed by atoms with Gasteiger partial charge in [0.05, 0.1) is 11.8 Å². The highest BCUT2D eigenvalue weighted by Gasteiger charge is 2.33. The van der Waals surface area contributed by atoms with Gasteiger partial charge in [-0.1, -0.05) is 49.2 Å². The van der Waals surface area contributed by atoms with Gasteiger partial charge in [-0.3, -0.25) is 14.2 Å². The maximum atomic E-state index is 13.4. The Bertz CT molecular complexity index is 1220. The number of ether oxygens (including phenoxy) is 1. The molecule has 2 aromatic carbocycles. The summed E-state index contributed by atoms with van der Waals surface area (Å²) in [5, 5.41) is 21.1. The van der Waals surface area contributed by atoms with Crippen molar-refractivity contribution in [2.24, 2.45) is 0 Å². The summed E-state index contributed by atoms with van der Waals surface area (Å²) in [6, 6.07) is 17.5. The van der Waals surface area contributed by atoms with Gasteiger partial charge in [0.25, 0.3) is 5.91 Å². The van der Waals surface area contributed by atoms with Crippen molar-refractivity contribution in [2.75, 3.05) is 12.4 Å². The number of amides is 1. The molecular weight excluding hydrogens is 469 g/mol. The Labute approximate surface area is 206 Å². The number of para-hydroxylation sites is 1. The molecular formula is C25H24FN5O3S. The van der Waals surface area contributed by atoms with E-state index in [0.29, 0.717) is 29.4 Å². The number of nitriles is 1. The molecule has 3 aromatic rings. The third kappa shape index (κ3) is 6.05. The average molecular weight is 494 g/mol. The van der Waals surface area contributed by atoms with E-state index in [2.05, 4.69) is 21.6 Å². The van der Waals surface area contributed by atoms with Crippen molar-refractivity contribution in [1.29, 1.82) is 5.26 Å². The van der Waals surface area contributed by atoms with Crippen LogP contribution in [-0.4, -0.2) is 44.5 Å². The second kappa shape index (κ2) is 11.1. The van der Waals surface area contributed by atoms with Gasteiger partial charge in [0.2, 0.25) is 0 Å². The van der Waals surface area contributed by atoms with Crippen molar-refractivity contribution in [1.82, 2.24) is 20.1 Å². The van der Waals surface area contributed by atoms with Gasteiger partial charge >= 0.3 is 5.97 Å². The van der Waals surface area contributed by atoms with E-state index >= 15 is 0 Å². The molecule has 180 valence electrons. The Balaban J connectivity index is 1.40. The van der Waals surface area contributed by atoms with Crippen LogP contribution >= 0.6 is 11.8 Å². The minimum atomic E-state index is -0.876. The highest BCUT2D eigenvalue weighted by atomic mass is 32.2. The Hall–Kier alpha value is -3.71. The number of rotatable bonds is 8. The maximum Gasteiger partial charge on any atom is 0.316 e. The molecule has 0 saturated heterocycles. The Kier molecular flexibility index (Phi) is 7.77. The average Bonchev–Trinajstić information content (AvgIpc) is 3.31. The summed E-state index contributed by atoms with van der Waals surface area (Å²) in [7, 11) is 0. The van der Waals surface area contributed by atoms with E-state index < -0.39 is 24.0 Å². The fourth-order valence-corrected chi connectivity index (χ4v) is 4.74. The predicted molar refractivity (Wildman–Crippen MR) is 128 cm³/mol. The third-order valence-electron chi connectivity index (χ3n) is 5.73. The van der Waals surface area contributed by atoms with E-state index in [1.54, 1.807) is 16.7 Å². The lowest BCUT2D eigenvalue weighted by Gasteiger charge is -2.31.